The van der Waals surface area contributed by atoms with Crippen LogP contribution >= 0.6 is 81.2 Å². The smallest absolute Gasteiger partial charge is 0.416 e. The number of amides is 4. The first-order valence-corrected chi connectivity index (χ1v) is 51.1. The third-order valence-corrected chi connectivity index (χ3v) is 28.2. The molecule has 0 bridgehead atoms. The number of carbonyl (C=O) groups excluding carboxylic acids is 4. The molecule has 11 aromatic carbocycles. The summed E-state index contributed by atoms with van der Waals surface area (Å²) in [7, 11) is 0.135. The molecule has 744 valence electrons. The van der Waals surface area contributed by atoms with Gasteiger partial charge in [0.15, 0.2) is 5.75 Å². The zero-order valence-electron chi connectivity index (χ0n) is 78.1. The normalized spacial score (nSPS) is 17.0. The van der Waals surface area contributed by atoms with E-state index in [0.29, 0.717) is 134 Å². The number of hydrogen-bond donors (Lipinski definition) is 8. The number of aliphatic hydroxyl groups is 3. The molecule has 10 heterocycles. The number of methoxy groups -OCH3 is 1. The number of piperidine rings is 1. The van der Waals surface area contributed by atoms with Gasteiger partial charge in [-0.3, -0.25) is 24.3 Å². The van der Waals surface area contributed by atoms with Gasteiger partial charge in [0.05, 0.1) is 44.3 Å². The number of carbonyl (C=O) groups is 4. The molecular formula is C107H100Cl7N13O16S. The van der Waals surface area contributed by atoms with Crippen LogP contribution in [0, 0.1) is 5.92 Å². The van der Waals surface area contributed by atoms with E-state index < -0.39 is 58.7 Å². The number of anilines is 1. The lowest BCUT2D eigenvalue weighted by Gasteiger charge is -2.35. The van der Waals surface area contributed by atoms with E-state index in [9.17, 15) is 37.8 Å². The fraction of sp³-hybridized carbons (Fsp3) is 0.252. The number of ether oxygens (including phenoxy) is 7. The fourth-order valence-electron chi connectivity index (χ4n) is 19.2. The largest absolute Gasteiger partial charge is 0.493 e. The Balaban J connectivity index is 0.000000127. The Morgan fingerprint density at radius 3 is 1.17 bits per heavy atom. The third-order valence-electron chi connectivity index (χ3n) is 25.8. The molecular weight excluding hydrogens is 2000 g/mol. The van der Waals surface area contributed by atoms with Crippen LogP contribution in [0.2, 0.25) is 35.2 Å². The molecule has 16 aromatic rings. The number of rotatable bonds is 21. The molecule has 5 aromatic heterocycles. The highest BCUT2D eigenvalue weighted by Gasteiger charge is 2.42. The summed E-state index contributed by atoms with van der Waals surface area (Å²) in [5.41, 5.74) is 16.0. The second kappa shape index (κ2) is 45.0. The number of aliphatic hydroxyl groups excluding tert-OH is 3. The van der Waals surface area contributed by atoms with Gasteiger partial charge in [-0.15, -0.1) is 5.10 Å². The minimum atomic E-state index is -3.41. The van der Waals surface area contributed by atoms with Crippen molar-refractivity contribution in [2.45, 2.75) is 81.4 Å². The number of aromatic nitrogens is 7. The van der Waals surface area contributed by atoms with Crippen LogP contribution in [0.3, 0.4) is 0 Å². The minimum absolute atomic E-state index is 0.000482. The maximum Gasteiger partial charge on any atom is 0.416 e. The summed E-state index contributed by atoms with van der Waals surface area (Å²) in [6, 6.07) is 71.5. The number of benzene rings is 11. The van der Waals surface area contributed by atoms with Gasteiger partial charge in [-0.1, -0.05) is 147 Å². The van der Waals surface area contributed by atoms with Gasteiger partial charge in [0.25, 0.3) is 0 Å². The van der Waals surface area contributed by atoms with Crippen LogP contribution in [0.5, 0.6) is 34.5 Å². The van der Waals surface area contributed by atoms with Crippen molar-refractivity contribution in [2.75, 3.05) is 90.8 Å². The van der Waals surface area contributed by atoms with Crippen LogP contribution in [-0.2, 0) is 47.0 Å². The number of aromatic amines is 4. The van der Waals surface area contributed by atoms with Crippen molar-refractivity contribution in [3.63, 3.8) is 0 Å². The molecule has 7 unspecified atom stereocenters. The van der Waals surface area contributed by atoms with Gasteiger partial charge in [-0.2, -0.15) is 0 Å². The Bertz CT molecular complexity index is 7410. The Kier molecular flexibility index (Phi) is 31.5. The average Bonchev–Trinajstić information content (AvgIpc) is 1.61. The number of halogens is 7. The van der Waals surface area contributed by atoms with Crippen molar-refractivity contribution in [2.24, 2.45) is 5.92 Å². The minimum Gasteiger partial charge on any atom is -0.493 e. The maximum atomic E-state index is 13.5. The first kappa shape index (κ1) is 101. The summed E-state index contributed by atoms with van der Waals surface area (Å²) in [5.74, 6) is 3.67. The van der Waals surface area contributed by atoms with E-state index in [1.165, 1.54) is 25.5 Å². The lowest BCUT2D eigenvalue weighted by atomic mass is 9.92. The number of sulfonamides is 1. The lowest BCUT2D eigenvalue weighted by Crippen LogP contribution is -2.42. The van der Waals surface area contributed by atoms with E-state index in [2.05, 4.69) is 46.9 Å². The molecule has 5 aliphatic heterocycles. The van der Waals surface area contributed by atoms with E-state index in [0.717, 1.165) is 130 Å². The van der Waals surface area contributed by atoms with Crippen molar-refractivity contribution in [1.82, 2.24) is 59.4 Å². The van der Waals surface area contributed by atoms with Gasteiger partial charge in [0, 0.05) is 147 Å². The zero-order valence-corrected chi connectivity index (χ0v) is 84.2. The van der Waals surface area contributed by atoms with Crippen molar-refractivity contribution < 1.29 is 76.1 Å². The summed E-state index contributed by atoms with van der Waals surface area (Å²) in [4.78, 5) is 76.0. The van der Waals surface area contributed by atoms with Gasteiger partial charge in [0.1, 0.15) is 78.3 Å². The molecule has 8 N–H and O–H groups in total. The standard InChI is InChI=1S/C31H31Cl2N3O3.C29H25Cl2N5O4.C25H21Cl2N3O4S.C22H23ClN2O5/c1-35-15-4-5-20(18-35)19-38-23-11-8-21(9-12-23)30-29-24(25-17-22(32)10-13-27(25)34-29)14-16-36(30)31(37)39-28-7-3-2-6-26(28)33;30-19-3-8-23(9-4-19)40-29(38)36-13-11-24-25-15-20(31)5-10-26(25)33-27(24)28(36)18-1-6-22(7-2-18)39-17-21(37)16-35-14-12-32-34-35;1-35(32,33)29-18-7-2-15(3-8-18)24-23-20(21-14-17(27)6-11-22(21)28-23)12-13-30(24)25(31)34-19-9-4-16(26)5-10-19;1-29-22(28)25-9-8-17-18-10-14(23)4-7-19(18)24-20(17)21(25)13-2-5-16(6-3-13)30-12-15(27)11-26/h2-3,6-13,17,20,30,34H,4-5,14-16,18-19H2,1H3;1-10,12,14-15,21,28,33,37H,11,13,16-17H2;2-11,14,24,28-29H,12-13H2,1H3;2-7,10,15,21,24,26-27H,8-9,11-12H2,1H3. The SMILES string of the molecule is CN1CCCC(COc2ccc(C3c4[nH]c5ccc(Cl)cc5c4CCN3C(=O)Oc3ccccc3Cl)cc2)C1.COC(=O)N1CCc2c([nH]c3ccc(Cl)cc23)C1c1ccc(OCC(O)CO)cc1.CS(=O)(=O)Nc1ccc(C2c3[nH]c4ccc(Cl)cc4c3CCN2C(=O)Oc2ccc(Cl)cc2)cc1.O=C(Oc1ccc(Cl)cc1)N1CCc2c([nH]c3ccc(Cl)cc23)C1c1ccc(OCC(O)Cn2ccnn2)cc1. The van der Waals surface area contributed by atoms with Crippen molar-refractivity contribution in [1.29, 1.82) is 0 Å². The number of para-hydroxylation sites is 1. The van der Waals surface area contributed by atoms with Gasteiger partial charge in [0.2, 0.25) is 10.0 Å². The van der Waals surface area contributed by atoms with Crippen LogP contribution in [0.15, 0.2) is 255 Å². The summed E-state index contributed by atoms with van der Waals surface area (Å²) in [6.45, 7) is 4.83. The maximum absolute atomic E-state index is 13.5. The third kappa shape index (κ3) is 23.6. The Hall–Kier alpha value is -13.2. The number of likely N-dealkylation sites (tertiary alicyclic amines) is 1. The quantitative estimate of drug-likeness (QED) is 0.0331. The first-order valence-electron chi connectivity index (χ1n) is 46.6. The highest BCUT2D eigenvalue weighted by Crippen LogP contribution is 2.47. The zero-order chi connectivity index (χ0) is 101. The number of fused-ring (bicyclic) bond motifs is 12. The molecule has 1 fully saturated rings. The molecule has 1 saturated heterocycles. The summed E-state index contributed by atoms with van der Waals surface area (Å²) in [6.07, 6.45) is 5.89. The van der Waals surface area contributed by atoms with E-state index in [-0.39, 0.29) is 38.4 Å². The lowest BCUT2D eigenvalue weighted by molar-refractivity contribution is 0.0536. The van der Waals surface area contributed by atoms with E-state index in [4.69, 9.17) is 119 Å². The molecule has 29 nitrogen and oxygen atoms in total. The van der Waals surface area contributed by atoms with Gasteiger partial charge < -0.3 is 73.3 Å². The van der Waals surface area contributed by atoms with Crippen LogP contribution in [0.1, 0.15) is 104 Å². The van der Waals surface area contributed by atoms with Gasteiger partial charge in [-0.05, 0) is 279 Å². The molecule has 144 heavy (non-hydrogen) atoms. The molecule has 37 heteroatoms. The fourth-order valence-corrected chi connectivity index (χ4v) is 20.9. The van der Waals surface area contributed by atoms with E-state index in [1.54, 1.807) is 146 Å². The van der Waals surface area contributed by atoms with Crippen molar-refractivity contribution >= 4 is 165 Å². The molecule has 0 saturated carbocycles. The first-order chi connectivity index (χ1) is 69.6. The van der Waals surface area contributed by atoms with Crippen LogP contribution in [0.4, 0.5) is 24.9 Å². The molecule has 7 atom stereocenters. The van der Waals surface area contributed by atoms with Crippen molar-refractivity contribution in [3.05, 3.63) is 357 Å². The van der Waals surface area contributed by atoms with E-state index >= 15 is 0 Å². The van der Waals surface area contributed by atoms with Crippen LogP contribution < -0.4 is 33.1 Å². The predicted molar refractivity (Wildman–Crippen MR) is 557 cm³/mol. The van der Waals surface area contributed by atoms with Gasteiger partial charge >= 0.3 is 24.4 Å². The number of H-pyrrole nitrogens is 4. The molecule has 0 spiro atoms. The monoisotopic (exact) mass is 2100 g/mol. The summed E-state index contributed by atoms with van der Waals surface area (Å²) >= 11 is 43.4. The predicted octanol–water partition coefficient (Wildman–Crippen LogP) is 22.3. The highest BCUT2D eigenvalue weighted by molar-refractivity contribution is 7.92. The van der Waals surface area contributed by atoms with Crippen LogP contribution in [0.25, 0.3) is 43.6 Å². The molecule has 5 aliphatic rings. The van der Waals surface area contributed by atoms with E-state index in [1.807, 2.05) is 133 Å². The average molecular weight is 2100 g/mol. The highest BCUT2D eigenvalue weighted by atomic mass is 35.5. The molecule has 0 aliphatic carbocycles. The molecule has 21 rings (SSSR count). The topological polar surface area (TPSA) is 350 Å². The Labute approximate surface area is 864 Å². The second-order valence-electron chi connectivity index (χ2n) is 35.6. The van der Waals surface area contributed by atoms with Crippen LogP contribution in [-0.4, -0.2) is 206 Å². The second-order valence-corrected chi connectivity index (χ2v) is 40.4. The summed E-state index contributed by atoms with van der Waals surface area (Å²) < 4.78 is 66.9. The van der Waals surface area contributed by atoms with Gasteiger partial charge in [-0.25, -0.2) is 32.3 Å². The molecule has 0 radical (unpaired) electrons. The van der Waals surface area contributed by atoms with Crippen molar-refractivity contribution in [3.8, 4) is 34.5 Å². The number of nitrogens with zero attached hydrogens (tertiary/aromatic N) is 8. The Morgan fingerprint density at radius 1 is 0.444 bits per heavy atom. The number of hydrogen-bond acceptors (Lipinski definition) is 19. The summed E-state index contributed by atoms with van der Waals surface area (Å²) in [5, 5.41) is 44.6. The molecule has 4 amide bonds. The Morgan fingerprint density at radius 2 is 0.806 bits per heavy atom. The number of nitrogens with one attached hydrogen (secondary N) is 5.